The Morgan fingerprint density at radius 2 is 1.81 bits per heavy atom. The minimum Gasteiger partial charge on any atom is -0.486 e. The molecule has 1 atom stereocenters. The van der Waals surface area contributed by atoms with E-state index >= 15 is 0 Å². The third-order valence-electron chi connectivity index (χ3n) is 3.75. The number of nitro groups is 1. The third kappa shape index (κ3) is 5.45. The number of ether oxygens (including phenoxy) is 1. The molecule has 0 saturated heterocycles. The Labute approximate surface area is 149 Å². The molecule has 2 rings (SSSR count). The van der Waals surface area contributed by atoms with Crippen LogP contribution in [0, 0.1) is 10.1 Å². The minimum atomic E-state index is -4.45. The van der Waals surface area contributed by atoms with Gasteiger partial charge >= 0.3 is 6.18 Å². The average Bonchev–Trinajstić information content (AvgIpc) is 2.58. The van der Waals surface area contributed by atoms with Gasteiger partial charge in [-0.3, -0.25) is 10.1 Å². The molecule has 1 unspecified atom stereocenters. The van der Waals surface area contributed by atoms with Gasteiger partial charge in [-0.2, -0.15) is 13.2 Å². The van der Waals surface area contributed by atoms with Crippen molar-refractivity contribution in [2.75, 3.05) is 20.6 Å². The lowest BCUT2D eigenvalue weighted by Gasteiger charge is -2.22. The molecule has 0 bridgehead atoms. The maximum absolute atomic E-state index is 12.9. The maximum Gasteiger partial charge on any atom is 0.416 e. The van der Waals surface area contributed by atoms with E-state index in [2.05, 4.69) is 0 Å². The number of benzene rings is 2. The van der Waals surface area contributed by atoms with Gasteiger partial charge in [0.25, 0.3) is 5.69 Å². The molecule has 140 valence electrons. The van der Waals surface area contributed by atoms with Crippen molar-refractivity contribution in [3.63, 3.8) is 0 Å². The van der Waals surface area contributed by atoms with Crippen LogP contribution in [0.15, 0.2) is 48.5 Å². The van der Waals surface area contributed by atoms with E-state index in [0.29, 0.717) is 18.5 Å². The second kappa shape index (κ2) is 8.18. The average molecular weight is 368 g/mol. The van der Waals surface area contributed by atoms with Gasteiger partial charge in [0.2, 0.25) is 0 Å². The molecule has 0 amide bonds. The van der Waals surface area contributed by atoms with Crippen molar-refractivity contribution in [2.45, 2.75) is 18.7 Å². The number of hydrogen-bond donors (Lipinski definition) is 0. The van der Waals surface area contributed by atoms with Crippen molar-refractivity contribution < 1.29 is 22.8 Å². The van der Waals surface area contributed by atoms with Crippen LogP contribution >= 0.6 is 0 Å². The first-order valence-corrected chi connectivity index (χ1v) is 7.90. The molecule has 2 aromatic rings. The van der Waals surface area contributed by atoms with Gasteiger partial charge in [-0.15, -0.1) is 0 Å². The second-order valence-corrected chi connectivity index (χ2v) is 6.07. The molecule has 0 fully saturated rings. The summed E-state index contributed by atoms with van der Waals surface area (Å²) in [6.45, 7) is 0.639. The van der Waals surface area contributed by atoms with Gasteiger partial charge in [0.15, 0.2) is 0 Å². The first-order chi connectivity index (χ1) is 12.2. The zero-order valence-electron chi connectivity index (χ0n) is 14.4. The molecule has 0 aliphatic carbocycles. The summed E-state index contributed by atoms with van der Waals surface area (Å²) < 4.78 is 44.4. The van der Waals surface area contributed by atoms with Crippen LogP contribution in [0.4, 0.5) is 18.9 Å². The normalized spacial score (nSPS) is 12.8. The molecule has 0 heterocycles. The van der Waals surface area contributed by atoms with Crippen LogP contribution in [0.1, 0.15) is 23.7 Å². The van der Waals surface area contributed by atoms with E-state index in [1.807, 2.05) is 19.0 Å². The first kappa shape index (κ1) is 19.7. The van der Waals surface area contributed by atoms with Crippen LogP contribution < -0.4 is 4.74 Å². The number of nitro benzene ring substituents is 1. The van der Waals surface area contributed by atoms with Crippen molar-refractivity contribution in [3.05, 3.63) is 69.8 Å². The topological polar surface area (TPSA) is 55.6 Å². The summed E-state index contributed by atoms with van der Waals surface area (Å²) in [7, 11) is 3.74. The summed E-state index contributed by atoms with van der Waals surface area (Å²) in [5, 5.41) is 10.8. The standard InChI is InChI=1S/C18H19F3N2O3/c1-22(2)11-10-17(13-6-8-15(9-7-13)23(24)25)26-16-5-3-4-14(12-16)18(19,20)21/h3-9,12,17H,10-11H2,1-2H3. The molecule has 0 aliphatic rings. The molecule has 0 saturated carbocycles. The molecular weight excluding hydrogens is 349 g/mol. The molecule has 5 nitrogen and oxygen atoms in total. The number of hydrogen-bond acceptors (Lipinski definition) is 4. The molecule has 2 aromatic carbocycles. The Hall–Kier alpha value is -2.61. The highest BCUT2D eigenvalue weighted by Crippen LogP contribution is 2.33. The van der Waals surface area contributed by atoms with Crippen molar-refractivity contribution in [2.24, 2.45) is 0 Å². The lowest BCUT2D eigenvalue weighted by molar-refractivity contribution is -0.384. The monoisotopic (exact) mass is 368 g/mol. The van der Waals surface area contributed by atoms with Gasteiger partial charge in [-0.25, -0.2) is 0 Å². The smallest absolute Gasteiger partial charge is 0.416 e. The van der Waals surface area contributed by atoms with Crippen molar-refractivity contribution in [3.8, 4) is 5.75 Å². The van der Waals surface area contributed by atoms with Gasteiger partial charge < -0.3 is 9.64 Å². The van der Waals surface area contributed by atoms with Crippen LogP contribution in [0.5, 0.6) is 5.75 Å². The molecule has 8 heteroatoms. The highest BCUT2D eigenvalue weighted by atomic mass is 19.4. The number of rotatable bonds is 7. The van der Waals surface area contributed by atoms with E-state index in [-0.39, 0.29) is 11.4 Å². The van der Waals surface area contributed by atoms with E-state index < -0.39 is 22.8 Å². The van der Waals surface area contributed by atoms with E-state index in [1.165, 1.54) is 24.3 Å². The van der Waals surface area contributed by atoms with Gasteiger partial charge in [-0.1, -0.05) is 6.07 Å². The largest absolute Gasteiger partial charge is 0.486 e. The van der Waals surface area contributed by atoms with Gasteiger partial charge in [0.05, 0.1) is 10.5 Å². The van der Waals surface area contributed by atoms with Crippen molar-refractivity contribution in [1.82, 2.24) is 4.90 Å². The summed E-state index contributed by atoms with van der Waals surface area (Å²) >= 11 is 0. The molecule has 26 heavy (non-hydrogen) atoms. The fourth-order valence-electron chi connectivity index (χ4n) is 2.39. The van der Waals surface area contributed by atoms with Gasteiger partial charge in [-0.05, 0) is 50.0 Å². The molecule has 0 spiro atoms. The molecule has 0 aliphatic heterocycles. The fraction of sp³-hybridized carbons (Fsp3) is 0.333. The maximum atomic E-state index is 12.9. The second-order valence-electron chi connectivity index (χ2n) is 6.07. The van der Waals surface area contributed by atoms with Crippen molar-refractivity contribution >= 4 is 5.69 Å². The van der Waals surface area contributed by atoms with Crippen LogP contribution in [0.25, 0.3) is 0 Å². The zero-order valence-corrected chi connectivity index (χ0v) is 14.4. The predicted molar refractivity (Wildman–Crippen MR) is 91.1 cm³/mol. The SMILES string of the molecule is CN(C)CCC(Oc1cccc(C(F)(F)F)c1)c1ccc([N+](=O)[O-])cc1. The Kier molecular flexibility index (Phi) is 6.20. The third-order valence-corrected chi connectivity index (χ3v) is 3.75. The van der Waals surface area contributed by atoms with Crippen LogP contribution in [-0.2, 0) is 6.18 Å². The van der Waals surface area contributed by atoms with E-state index in [0.717, 1.165) is 12.1 Å². The highest BCUT2D eigenvalue weighted by Gasteiger charge is 2.30. The Morgan fingerprint density at radius 3 is 2.35 bits per heavy atom. The molecule has 0 N–H and O–H groups in total. The quantitative estimate of drug-likeness (QED) is 0.526. The number of non-ortho nitro benzene ring substituents is 1. The number of alkyl halides is 3. The number of nitrogens with zero attached hydrogens (tertiary/aromatic N) is 2. The first-order valence-electron chi connectivity index (χ1n) is 7.90. The number of halogens is 3. The Morgan fingerprint density at radius 1 is 1.15 bits per heavy atom. The van der Waals surface area contributed by atoms with Crippen molar-refractivity contribution in [1.29, 1.82) is 0 Å². The van der Waals surface area contributed by atoms with E-state index in [1.54, 1.807) is 12.1 Å². The summed E-state index contributed by atoms with van der Waals surface area (Å²) in [4.78, 5) is 12.2. The van der Waals surface area contributed by atoms with E-state index in [4.69, 9.17) is 4.74 Å². The Balaban J connectivity index is 2.26. The lowest BCUT2D eigenvalue weighted by atomic mass is 10.1. The summed E-state index contributed by atoms with van der Waals surface area (Å²) in [6, 6.07) is 10.5. The predicted octanol–water partition coefficient (Wildman–Crippen LogP) is 4.69. The summed E-state index contributed by atoms with van der Waals surface area (Å²) in [5.41, 5.74) is -0.181. The van der Waals surface area contributed by atoms with Gasteiger partial charge in [0.1, 0.15) is 11.9 Å². The minimum absolute atomic E-state index is 0.0563. The molecule has 0 aromatic heterocycles. The molecular formula is C18H19F3N2O3. The highest BCUT2D eigenvalue weighted by molar-refractivity contribution is 5.35. The zero-order chi connectivity index (χ0) is 19.3. The van der Waals surface area contributed by atoms with Gasteiger partial charge in [0, 0.05) is 25.1 Å². The lowest BCUT2D eigenvalue weighted by Crippen LogP contribution is -2.19. The van der Waals surface area contributed by atoms with Crippen LogP contribution in [0.2, 0.25) is 0 Å². The Bertz CT molecular complexity index is 746. The summed E-state index contributed by atoms with van der Waals surface area (Å²) in [6.07, 6.45) is -4.46. The van der Waals surface area contributed by atoms with Crippen LogP contribution in [-0.4, -0.2) is 30.5 Å². The summed E-state index contributed by atoms with van der Waals surface area (Å²) in [5.74, 6) is 0.0990. The van der Waals surface area contributed by atoms with E-state index in [9.17, 15) is 23.3 Å². The van der Waals surface area contributed by atoms with Crippen LogP contribution in [0.3, 0.4) is 0 Å². The fourth-order valence-corrected chi connectivity index (χ4v) is 2.39. The molecule has 0 radical (unpaired) electrons.